The molecule has 2 heteroatoms. The quantitative estimate of drug-likeness (QED) is 0.601. The van der Waals surface area contributed by atoms with Crippen LogP contribution in [0.15, 0.2) is 24.2 Å². The lowest BCUT2D eigenvalue weighted by Crippen LogP contribution is -1.90. The zero-order valence-corrected chi connectivity index (χ0v) is 5.36. The van der Waals surface area contributed by atoms with E-state index in [0.29, 0.717) is 0 Å². The van der Waals surface area contributed by atoms with E-state index in [0.717, 1.165) is 6.92 Å². The fraction of sp³-hybridized carbons (Fsp3) is 0.125. The molecular weight excluding hydrogens is 128 g/mol. The Kier molecular flexibility index (Phi) is 0.804. The van der Waals surface area contributed by atoms with Crippen molar-refractivity contribution in [3.63, 3.8) is 0 Å². The molecule has 0 saturated carbocycles. The van der Waals surface area contributed by atoms with Crippen molar-refractivity contribution in [2.24, 2.45) is 0 Å². The third kappa shape index (κ3) is 1.16. The van der Waals surface area contributed by atoms with Crippen molar-refractivity contribution in [2.75, 3.05) is 0 Å². The molecule has 0 aliphatic rings. The van der Waals surface area contributed by atoms with E-state index >= 15 is 0 Å². The summed E-state index contributed by atoms with van der Waals surface area (Å²) in [6.07, 6.45) is 0. The van der Waals surface area contributed by atoms with E-state index in [1.165, 1.54) is 0 Å². The summed E-state index contributed by atoms with van der Waals surface area (Å²) >= 11 is 0. The zero-order valence-electron chi connectivity index (χ0n) is 9.36. The number of benzene rings is 1. The van der Waals surface area contributed by atoms with E-state index in [1.54, 1.807) is 0 Å². The molecule has 1 aromatic rings. The predicted molar refractivity (Wildman–Crippen MR) is 38.1 cm³/mol. The van der Waals surface area contributed by atoms with E-state index in [9.17, 15) is 9.90 Å². The second-order valence-electron chi connectivity index (χ2n) is 1.78. The lowest BCUT2D eigenvalue weighted by molar-refractivity contribution is 0.101. The molecule has 1 N–H and O–H groups in total. The number of para-hydroxylation sites is 1. The first kappa shape index (κ1) is 3.19. The molecule has 0 radical (unpaired) electrons. The molecule has 1 aromatic carbocycles. The summed E-state index contributed by atoms with van der Waals surface area (Å²) < 4.78 is 29.0. The van der Waals surface area contributed by atoms with Crippen LogP contribution in [-0.4, -0.2) is 10.9 Å². The number of hydrogen-bond acceptors (Lipinski definition) is 2. The molecule has 0 aliphatic heterocycles. The smallest absolute Gasteiger partial charge is 0.163 e. The average molecular weight is 140 g/mol. The third-order valence-electron chi connectivity index (χ3n) is 1.02. The van der Waals surface area contributed by atoms with Crippen LogP contribution < -0.4 is 0 Å². The molecule has 0 aliphatic carbocycles. The summed E-state index contributed by atoms with van der Waals surface area (Å²) in [5, 5.41) is 9.32. The second-order valence-corrected chi connectivity index (χ2v) is 1.78. The largest absolute Gasteiger partial charge is 0.507 e. The van der Waals surface area contributed by atoms with Crippen molar-refractivity contribution in [1.29, 1.82) is 0 Å². The first-order chi connectivity index (χ1) is 6.37. The van der Waals surface area contributed by atoms with E-state index in [1.807, 2.05) is 0 Å². The highest BCUT2D eigenvalue weighted by atomic mass is 16.3. The van der Waals surface area contributed by atoms with Gasteiger partial charge in [0.05, 0.1) is 11.0 Å². The zero-order chi connectivity index (χ0) is 11.0. The van der Waals surface area contributed by atoms with E-state index in [4.69, 9.17) is 5.48 Å². The van der Waals surface area contributed by atoms with Crippen molar-refractivity contribution in [3.8, 4) is 5.75 Å². The van der Waals surface area contributed by atoms with E-state index in [-0.39, 0.29) is 5.56 Å². The van der Waals surface area contributed by atoms with Gasteiger partial charge in [-0.15, -0.1) is 0 Å². The van der Waals surface area contributed by atoms with Crippen LogP contribution >= 0.6 is 0 Å². The summed E-state index contributed by atoms with van der Waals surface area (Å²) in [7, 11) is 0. The Morgan fingerprint density at radius 2 is 2.20 bits per heavy atom. The molecule has 0 bridgehead atoms. The Morgan fingerprint density at radius 1 is 1.60 bits per heavy atom. The van der Waals surface area contributed by atoms with Crippen LogP contribution in [0.25, 0.3) is 0 Å². The Labute approximate surface area is 64.7 Å². The number of aromatic hydroxyl groups is 1. The molecule has 0 aromatic heterocycles. The normalized spacial score (nSPS) is 14.9. The first-order valence-corrected chi connectivity index (χ1v) is 2.68. The Balaban J connectivity index is 3.68. The number of rotatable bonds is 1. The molecule has 0 fully saturated rings. The van der Waals surface area contributed by atoms with Crippen LogP contribution in [0.5, 0.6) is 5.75 Å². The van der Waals surface area contributed by atoms with Crippen molar-refractivity contribution >= 4 is 5.78 Å². The molecule has 0 unspecified atom stereocenters. The van der Waals surface area contributed by atoms with Gasteiger partial charge in [0.15, 0.2) is 5.78 Å². The maximum Gasteiger partial charge on any atom is 0.163 e. The van der Waals surface area contributed by atoms with Gasteiger partial charge >= 0.3 is 0 Å². The minimum atomic E-state index is -0.691. The molecule has 0 spiro atoms. The maximum absolute atomic E-state index is 11.0. The monoisotopic (exact) mass is 140 g/mol. The minimum absolute atomic E-state index is 0.365. The van der Waals surface area contributed by atoms with Crippen LogP contribution in [-0.2, 0) is 0 Å². The first-order valence-electron chi connectivity index (χ1n) is 4.68. The fourth-order valence-electron chi connectivity index (χ4n) is 0.561. The van der Waals surface area contributed by atoms with Gasteiger partial charge < -0.3 is 5.11 Å². The molecule has 2 nitrogen and oxygen atoms in total. The van der Waals surface area contributed by atoms with Crippen LogP contribution in [0.4, 0.5) is 0 Å². The van der Waals surface area contributed by atoms with Crippen LogP contribution in [0.1, 0.15) is 22.8 Å². The van der Waals surface area contributed by atoms with Crippen molar-refractivity contribution in [2.45, 2.75) is 6.92 Å². The molecule has 10 heavy (non-hydrogen) atoms. The third-order valence-corrected chi connectivity index (χ3v) is 1.02. The summed E-state index contributed by atoms with van der Waals surface area (Å²) in [4.78, 5) is 11.0. The Morgan fingerprint density at radius 3 is 2.80 bits per heavy atom. The van der Waals surface area contributed by atoms with Crippen molar-refractivity contribution < 1.29 is 15.4 Å². The predicted octanol–water partition coefficient (Wildman–Crippen LogP) is 1.59. The standard InChI is InChI=1S/C8H8O2/c1-6(9)7-4-2-3-5-8(7)10/h2-5,10H,1H3/i2D,3D,4D,5D. The van der Waals surface area contributed by atoms with Crippen molar-refractivity contribution in [3.05, 3.63) is 29.7 Å². The summed E-state index contributed by atoms with van der Waals surface area (Å²) in [6, 6.07) is -2.15. The minimum Gasteiger partial charge on any atom is -0.507 e. The average Bonchev–Trinajstić information content (AvgIpc) is 2.11. The number of carbonyl (C=O) groups excluding carboxylic acids is 1. The van der Waals surface area contributed by atoms with Crippen LogP contribution in [0, 0.1) is 0 Å². The number of carbonyl (C=O) groups is 1. The van der Waals surface area contributed by atoms with Gasteiger partial charge in [0.1, 0.15) is 5.75 Å². The topological polar surface area (TPSA) is 37.3 Å². The number of phenolic OH excluding ortho intramolecular Hbond substituents is 1. The van der Waals surface area contributed by atoms with Gasteiger partial charge in [0.25, 0.3) is 0 Å². The highest BCUT2D eigenvalue weighted by Crippen LogP contribution is 2.15. The van der Waals surface area contributed by atoms with Crippen molar-refractivity contribution in [1.82, 2.24) is 0 Å². The number of phenols is 1. The number of ketones is 1. The summed E-state index contributed by atoms with van der Waals surface area (Å²) in [5.41, 5.74) is -0.365. The fourth-order valence-corrected chi connectivity index (χ4v) is 0.561. The molecule has 52 valence electrons. The summed E-state index contributed by atoms with van der Waals surface area (Å²) in [5.74, 6) is -1.28. The van der Waals surface area contributed by atoms with Crippen LogP contribution in [0.2, 0.25) is 0 Å². The Hall–Kier alpha value is -1.31. The molecule has 1 rings (SSSR count). The lowest BCUT2D eigenvalue weighted by Gasteiger charge is -1.96. The molecule has 0 saturated heterocycles. The lowest BCUT2D eigenvalue weighted by atomic mass is 10.1. The van der Waals surface area contributed by atoms with Gasteiger partial charge in [-0.1, -0.05) is 12.1 Å². The highest BCUT2D eigenvalue weighted by molar-refractivity contribution is 5.96. The number of hydrogen-bond donors (Lipinski definition) is 1. The molecule has 0 amide bonds. The van der Waals surface area contributed by atoms with E-state index in [2.05, 4.69) is 0 Å². The van der Waals surface area contributed by atoms with Gasteiger partial charge in [-0.05, 0) is 19.0 Å². The van der Waals surface area contributed by atoms with Gasteiger partial charge in [-0.3, -0.25) is 4.79 Å². The van der Waals surface area contributed by atoms with Gasteiger partial charge in [0.2, 0.25) is 0 Å². The van der Waals surface area contributed by atoms with Gasteiger partial charge in [-0.2, -0.15) is 0 Å². The number of Topliss-reactive ketones (excluding diaryl/α,β-unsaturated/α-hetero) is 1. The molecule has 0 atom stereocenters. The van der Waals surface area contributed by atoms with Gasteiger partial charge in [-0.25, -0.2) is 0 Å². The highest BCUT2D eigenvalue weighted by Gasteiger charge is 2.02. The summed E-state index contributed by atoms with van der Waals surface area (Å²) in [6.45, 7) is 1.13. The van der Waals surface area contributed by atoms with Gasteiger partial charge in [0, 0.05) is 0 Å². The van der Waals surface area contributed by atoms with E-state index < -0.39 is 35.7 Å². The van der Waals surface area contributed by atoms with Crippen LogP contribution in [0.3, 0.4) is 0 Å². The molecular formula is C8H8O2. The second kappa shape index (κ2) is 2.52. The molecule has 0 heterocycles. The Bertz CT molecular complexity index is 385. The maximum atomic E-state index is 11.0. The SMILES string of the molecule is [2H]c1c([2H])c([2H])c(C(C)=O)c(O)c1[2H].